The van der Waals surface area contributed by atoms with E-state index in [2.05, 4.69) is 28.6 Å². The van der Waals surface area contributed by atoms with Gasteiger partial charge in [-0.05, 0) is 49.1 Å². The molecule has 0 amide bonds. The Labute approximate surface area is 185 Å². The van der Waals surface area contributed by atoms with Gasteiger partial charge in [-0.3, -0.25) is 9.78 Å². The Bertz CT molecular complexity index is 873. The smallest absolute Gasteiger partial charge is 0.307 e. The van der Waals surface area contributed by atoms with E-state index in [0.717, 1.165) is 43.0 Å². The molecule has 0 saturated heterocycles. The molecule has 2 aromatic carbocycles. The van der Waals surface area contributed by atoms with Crippen LogP contribution in [-0.2, 0) is 11.2 Å². The number of carbonyl (C=O) groups is 1. The van der Waals surface area contributed by atoms with Crippen molar-refractivity contribution in [1.82, 2.24) is 10.3 Å². The Morgan fingerprint density at radius 2 is 1.71 bits per heavy atom. The highest BCUT2D eigenvalue weighted by molar-refractivity contribution is 5.70. The normalized spacial score (nSPS) is 11.2. The van der Waals surface area contributed by atoms with E-state index in [1.165, 1.54) is 5.56 Å². The number of aliphatic carboxylic acids is 1. The summed E-state index contributed by atoms with van der Waals surface area (Å²) in [5.41, 5.74) is 4.14. The molecule has 164 valence electrons. The first-order valence-corrected chi connectivity index (χ1v) is 10.7. The molecule has 0 aliphatic rings. The van der Waals surface area contributed by atoms with Gasteiger partial charge in [0.1, 0.15) is 0 Å². The number of benzene rings is 2. The molecule has 31 heavy (non-hydrogen) atoms. The first-order chi connectivity index (χ1) is 15.1. The second-order valence-corrected chi connectivity index (χ2v) is 7.49. The molecule has 1 aromatic heterocycles. The second-order valence-electron chi connectivity index (χ2n) is 7.49. The highest BCUT2D eigenvalue weighted by atomic mass is 16.4. The zero-order valence-corrected chi connectivity index (χ0v) is 18.4. The molecule has 0 spiro atoms. The van der Waals surface area contributed by atoms with Crippen LogP contribution in [0.4, 0.5) is 5.69 Å². The van der Waals surface area contributed by atoms with Crippen LogP contribution >= 0.6 is 0 Å². The number of hydrogen-bond acceptors (Lipinski definition) is 4. The van der Waals surface area contributed by atoms with E-state index in [0.29, 0.717) is 5.92 Å². The molecule has 3 rings (SSSR count). The molecular weight excluding hydrogens is 386 g/mol. The number of carboxylic acid groups (broad SMARTS) is 1. The van der Waals surface area contributed by atoms with Gasteiger partial charge in [0.05, 0.1) is 17.8 Å². The summed E-state index contributed by atoms with van der Waals surface area (Å²) < 4.78 is 0. The lowest BCUT2D eigenvalue weighted by Gasteiger charge is -2.14. The number of rotatable bonds is 10. The summed E-state index contributed by atoms with van der Waals surface area (Å²) in [5, 5.41) is 15.8. The van der Waals surface area contributed by atoms with Gasteiger partial charge in [-0.2, -0.15) is 0 Å². The Hall–Kier alpha value is -3.18. The summed E-state index contributed by atoms with van der Waals surface area (Å²) in [6, 6.07) is 23.8. The first-order valence-electron chi connectivity index (χ1n) is 10.7. The molecule has 5 heteroatoms. The fourth-order valence-electron chi connectivity index (χ4n) is 3.11. The third-order valence-electron chi connectivity index (χ3n) is 4.85. The van der Waals surface area contributed by atoms with Gasteiger partial charge in [0.2, 0.25) is 0 Å². The number of aromatic nitrogens is 1. The van der Waals surface area contributed by atoms with E-state index in [9.17, 15) is 4.79 Å². The molecule has 0 radical (unpaired) electrons. The van der Waals surface area contributed by atoms with Gasteiger partial charge in [-0.25, -0.2) is 0 Å². The van der Waals surface area contributed by atoms with Crippen LogP contribution in [0.3, 0.4) is 0 Å². The molecule has 0 aliphatic heterocycles. The van der Waals surface area contributed by atoms with Crippen LogP contribution in [0.5, 0.6) is 0 Å². The molecule has 0 bridgehead atoms. The van der Waals surface area contributed by atoms with E-state index in [1.807, 2.05) is 73.7 Å². The zero-order valence-electron chi connectivity index (χ0n) is 18.4. The van der Waals surface area contributed by atoms with Crippen molar-refractivity contribution in [3.05, 3.63) is 95.8 Å². The first kappa shape index (κ1) is 24.1. The third-order valence-corrected chi connectivity index (χ3v) is 4.85. The molecule has 3 N–H and O–H groups in total. The van der Waals surface area contributed by atoms with Gasteiger partial charge < -0.3 is 15.7 Å². The zero-order chi connectivity index (χ0) is 22.3. The van der Waals surface area contributed by atoms with Gasteiger partial charge in [0.25, 0.3) is 0 Å². The summed E-state index contributed by atoms with van der Waals surface area (Å²) in [5.74, 6) is -0.443. The molecule has 3 aromatic rings. The van der Waals surface area contributed by atoms with Crippen molar-refractivity contribution < 1.29 is 9.90 Å². The Kier molecular flexibility index (Phi) is 10.8. The molecular formula is C26H33N3O2. The maximum absolute atomic E-state index is 10.8. The molecule has 1 unspecified atom stereocenters. The van der Waals surface area contributed by atoms with Crippen LogP contribution in [0.25, 0.3) is 0 Å². The lowest BCUT2D eigenvalue weighted by molar-refractivity contribution is -0.136. The fraction of sp³-hybridized carbons (Fsp3) is 0.308. The fourth-order valence-corrected chi connectivity index (χ4v) is 3.11. The highest BCUT2D eigenvalue weighted by Gasteiger charge is 2.07. The van der Waals surface area contributed by atoms with Crippen molar-refractivity contribution in [2.75, 3.05) is 25.0 Å². The molecule has 0 saturated carbocycles. The lowest BCUT2D eigenvalue weighted by atomic mass is 9.98. The van der Waals surface area contributed by atoms with Crippen LogP contribution in [0.15, 0.2) is 79.0 Å². The van der Waals surface area contributed by atoms with Crippen molar-refractivity contribution in [3.8, 4) is 0 Å². The van der Waals surface area contributed by atoms with Crippen molar-refractivity contribution in [2.45, 2.75) is 32.6 Å². The Morgan fingerprint density at radius 1 is 1.00 bits per heavy atom. The van der Waals surface area contributed by atoms with Crippen LogP contribution in [0, 0.1) is 6.92 Å². The summed E-state index contributed by atoms with van der Waals surface area (Å²) in [6.07, 6.45) is 2.91. The average Bonchev–Trinajstić information content (AvgIpc) is 2.78. The SMILES string of the molecule is Cc1ncccc1NCCCNCC(C)c1cccc(CC(=O)O)c1.c1ccccc1. The largest absolute Gasteiger partial charge is 0.481 e. The van der Waals surface area contributed by atoms with Crippen LogP contribution in [0.1, 0.15) is 36.1 Å². The second kappa shape index (κ2) is 13.9. The van der Waals surface area contributed by atoms with E-state index in [-0.39, 0.29) is 6.42 Å². The highest BCUT2D eigenvalue weighted by Crippen LogP contribution is 2.16. The monoisotopic (exact) mass is 419 g/mol. The van der Waals surface area contributed by atoms with E-state index < -0.39 is 5.97 Å². The van der Waals surface area contributed by atoms with E-state index in [4.69, 9.17) is 5.11 Å². The number of aryl methyl sites for hydroxylation is 1. The standard InChI is InChI=1S/C20H27N3O2.C6H6/c1-15(18-7-3-6-17(12-18)13-20(24)25)14-21-9-5-11-23-19-8-4-10-22-16(19)2;1-2-4-6-5-3-1/h3-4,6-8,10,12,15,21,23H,5,9,11,13-14H2,1-2H3,(H,24,25);1-6H. The number of hydrogen-bond donors (Lipinski definition) is 3. The topological polar surface area (TPSA) is 74.2 Å². The van der Waals surface area contributed by atoms with E-state index in [1.54, 1.807) is 6.20 Å². The molecule has 5 nitrogen and oxygen atoms in total. The number of pyridine rings is 1. The minimum Gasteiger partial charge on any atom is -0.481 e. The minimum absolute atomic E-state index is 0.0768. The Morgan fingerprint density at radius 3 is 2.35 bits per heavy atom. The van der Waals surface area contributed by atoms with Crippen molar-refractivity contribution in [1.29, 1.82) is 0 Å². The number of anilines is 1. The van der Waals surface area contributed by atoms with Crippen molar-refractivity contribution in [3.63, 3.8) is 0 Å². The van der Waals surface area contributed by atoms with E-state index >= 15 is 0 Å². The molecule has 0 fully saturated rings. The number of nitrogens with zero attached hydrogens (tertiary/aromatic N) is 1. The maximum Gasteiger partial charge on any atom is 0.307 e. The predicted molar refractivity (Wildman–Crippen MR) is 128 cm³/mol. The molecule has 0 aliphatic carbocycles. The van der Waals surface area contributed by atoms with Crippen molar-refractivity contribution in [2.24, 2.45) is 0 Å². The maximum atomic E-state index is 10.8. The lowest BCUT2D eigenvalue weighted by Crippen LogP contribution is -2.23. The van der Waals surface area contributed by atoms with Crippen LogP contribution in [0.2, 0.25) is 0 Å². The summed E-state index contributed by atoms with van der Waals surface area (Å²) >= 11 is 0. The number of nitrogens with one attached hydrogen (secondary N) is 2. The predicted octanol–water partition coefficient (Wildman–Crippen LogP) is 4.90. The van der Waals surface area contributed by atoms with Crippen LogP contribution in [-0.4, -0.2) is 35.7 Å². The van der Waals surface area contributed by atoms with Gasteiger partial charge in [-0.1, -0.05) is 67.6 Å². The molecule has 1 heterocycles. The number of carboxylic acids is 1. The van der Waals surface area contributed by atoms with Crippen molar-refractivity contribution >= 4 is 11.7 Å². The molecule has 1 atom stereocenters. The van der Waals surface area contributed by atoms with Gasteiger partial charge in [0, 0.05) is 19.3 Å². The van der Waals surface area contributed by atoms with Crippen LogP contribution < -0.4 is 10.6 Å². The summed E-state index contributed by atoms with van der Waals surface area (Å²) in [6.45, 7) is 6.88. The third kappa shape index (κ3) is 9.92. The van der Waals surface area contributed by atoms with Gasteiger partial charge >= 0.3 is 5.97 Å². The average molecular weight is 420 g/mol. The minimum atomic E-state index is -0.792. The summed E-state index contributed by atoms with van der Waals surface area (Å²) in [4.78, 5) is 15.1. The quantitative estimate of drug-likeness (QED) is 0.408. The summed E-state index contributed by atoms with van der Waals surface area (Å²) in [7, 11) is 0. The van der Waals surface area contributed by atoms with Gasteiger partial charge in [-0.15, -0.1) is 0 Å². The van der Waals surface area contributed by atoms with Gasteiger partial charge in [0.15, 0.2) is 0 Å². The Balaban J connectivity index is 0.000000488.